The Morgan fingerprint density at radius 2 is 2.13 bits per heavy atom. The predicted molar refractivity (Wildman–Crippen MR) is 58.6 cm³/mol. The first-order chi connectivity index (χ1) is 7.20. The summed E-state index contributed by atoms with van der Waals surface area (Å²) in [7, 11) is 0. The molecule has 2 rings (SSSR count). The van der Waals surface area contributed by atoms with Crippen molar-refractivity contribution in [2.75, 3.05) is 0 Å². The number of hydrogen-bond acceptors (Lipinski definition) is 2. The SMILES string of the molecule is Cc1cccc(C(O)c2cn[nH]c2)c1C. The second-order valence-corrected chi connectivity index (χ2v) is 3.72. The summed E-state index contributed by atoms with van der Waals surface area (Å²) in [6.07, 6.45) is 2.77. The Kier molecular flexibility index (Phi) is 2.56. The first-order valence-corrected chi connectivity index (χ1v) is 4.93. The lowest BCUT2D eigenvalue weighted by Crippen LogP contribution is -2.01. The van der Waals surface area contributed by atoms with Crippen molar-refractivity contribution in [3.05, 3.63) is 52.8 Å². The highest BCUT2D eigenvalue weighted by Crippen LogP contribution is 2.25. The summed E-state index contributed by atoms with van der Waals surface area (Å²) in [5, 5.41) is 16.7. The highest BCUT2D eigenvalue weighted by atomic mass is 16.3. The molecule has 1 heterocycles. The monoisotopic (exact) mass is 202 g/mol. The molecule has 0 aliphatic carbocycles. The van der Waals surface area contributed by atoms with Crippen LogP contribution in [0.4, 0.5) is 0 Å². The van der Waals surface area contributed by atoms with E-state index in [4.69, 9.17) is 0 Å². The van der Waals surface area contributed by atoms with Crippen molar-refractivity contribution in [3.63, 3.8) is 0 Å². The molecule has 0 radical (unpaired) electrons. The Balaban J connectivity index is 2.42. The van der Waals surface area contributed by atoms with E-state index < -0.39 is 6.10 Å². The van der Waals surface area contributed by atoms with Gasteiger partial charge in [-0.05, 0) is 30.5 Å². The zero-order valence-corrected chi connectivity index (χ0v) is 8.86. The molecule has 0 bridgehead atoms. The molecular formula is C12H14N2O. The van der Waals surface area contributed by atoms with Crippen LogP contribution in [-0.2, 0) is 0 Å². The summed E-state index contributed by atoms with van der Waals surface area (Å²) in [5.41, 5.74) is 4.06. The summed E-state index contributed by atoms with van der Waals surface area (Å²) >= 11 is 0. The molecule has 0 saturated carbocycles. The first kappa shape index (κ1) is 9.93. The molecule has 0 amide bonds. The molecule has 15 heavy (non-hydrogen) atoms. The normalized spacial score (nSPS) is 12.7. The molecular weight excluding hydrogens is 188 g/mol. The van der Waals surface area contributed by atoms with Crippen LogP contribution in [0, 0.1) is 13.8 Å². The van der Waals surface area contributed by atoms with Crippen molar-refractivity contribution in [2.24, 2.45) is 0 Å². The lowest BCUT2D eigenvalue weighted by Gasteiger charge is -2.13. The maximum atomic E-state index is 10.1. The Bertz CT molecular complexity index is 449. The van der Waals surface area contributed by atoms with Gasteiger partial charge < -0.3 is 5.11 Å². The molecule has 0 spiro atoms. The van der Waals surface area contributed by atoms with E-state index in [1.165, 1.54) is 5.56 Å². The van der Waals surface area contributed by atoms with Gasteiger partial charge in [0.15, 0.2) is 0 Å². The van der Waals surface area contributed by atoms with Gasteiger partial charge in [0.05, 0.1) is 6.20 Å². The highest BCUT2D eigenvalue weighted by molar-refractivity contribution is 5.38. The number of aliphatic hydroxyl groups excluding tert-OH is 1. The van der Waals surface area contributed by atoms with Crippen LogP contribution in [0.1, 0.15) is 28.4 Å². The molecule has 3 heteroatoms. The molecule has 1 atom stereocenters. The van der Waals surface area contributed by atoms with Crippen LogP contribution in [0.15, 0.2) is 30.6 Å². The van der Waals surface area contributed by atoms with Gasteiger partial charge in [0.25, 0.3) is 0 Å². The van der Waals surface area contributed by atoms with Crippen molar-refractivity contribution >= 4 is 0 Å². The van der Waals surface area contributed by atoms with E-state index in [1.54, 1.807) is 12.4 Å². The van der Waals surface area contributed by atoms with Crippen molar-refractivity contribution in [2.45, 2.75) is 20.0 Å². The summed E-state index contributed by atoms with van der Waals surface area (Å²) in [6.45, 7) is 4.06. The predicted octanol–water partition coefficient (Wildman–Crippen LogP) is 2.11. The number of H-pyrrole nitrogens is 1. The second kappa shape index (κ2) is 3.87. The number of nitrogens with one attached hydrogen (secondary N) is 1. The number of rotatable bonds is 2. The van der Waals surface area contributed by atoms with E-state index in [0.717, 1.165) is 16.7 Å². The molecule has 1 aromatic carbocycles. The van der Waals surface area contributed by atoms with Gasteiger partial charge in [0.2, 0.25) is 0 Å². The zero-order valence-electron chi connectivity index (χ0n) is 8.86. The number of benzene rings is 1. The minimum atomic E-state index is -0.594. The van der Waals surface area contributed by atoms with Gasteiger partial charge in [0.1, 0.15) is 6.10 Å². The number of nitrogens with zero attached hydrogens (tertiary/aromatic N) is 1. The van der Waals surface area contributed by atoms with Gasteiger partial charge >= 0.3 is 0 Å². The molecule has 1 unspecified atom stereocenters. The van der Waals surface area contributed by atoms with Crippen molar-refractivity contribution in [1.82, 2.24) is 10.2 Å². The van der Waals surface area contributed by atoms with E-state index in [9.17, 15) is 5.11 Å². The average molecular weight is 202 g/mol. The van der Waals surface area contributed by atoms with Gasteiger partial charge in [0, 0.05) is 11.8 Å². The van der Waals surface area contributed by atoms with E-state index in [0.29, 0.717) is 0 Å². The quantitative estimate of drug-likeness (QED) is 0.783. The Morgan fingerprint density at radius 1 is 1.33 bits per heavy atom. The molecule has 0 saturated heterocycles. The van der Waals surface area contributed by atoms with Gasteiger partial charge in [-0.25, -0.2) is 0 Å². The number of aromatic amines is 1. The maximum absolute atomic E-state index is 10.1. The molecule has 2 N–H and O–H groups in total. The minimum Gasteiger partial charge on any atom is -0.384 e. The lowest BCUT2D eigenvalue weighted by atomic mass is 9.96. The second-order valence-electron chi connectivity index (χ2n) is 3.72. The Labute approximate surface area is 88.8 Å². The lowest BCUT2D eigenvalue weighted by molar-refractivity contribution is 0.219. The molecule has 78 valence electrons. The molecule has 2 aromatic rings. The van der Waals surface area contributed by atoms with Gasteiger partial charge in [-0.15, -0.1) is 0 Å². The number of aryl methyl sites for hydroxylation is 1. The topological polar surface area (TPSA) is 48.9 Å². The highest BCUT2D eigenvalue weighted by Gasteiger charge is 2.14. The van der Waals surface area contributed by atoms with Crippen LogP contribution in [0.2, 0.25) is 0 Å². The van der Waals surface area contributed by atoms with Gasteiger partial charge in [-0.2, -0.15) is 5.10 Å². The van der Waals surface area contributed by atoms with Crippen molar-refractivity contribution < 1.29 is 5.11 Å². The molecule has 1 aromatic heterocycles. The van der Waals surface area contributed by atoms with Gasteiger partial charge in [-0.1, -0.05) is 18.2 Å². The Hall–Kier alpha value is -1.61. The standard InChI is InChI=1S/C12H14N2O/c1-8-4-3-5-11(9(8)2)12(15)10-6-13-14-7-10/h3-7,12,15H,1-2H3,(H,13,14). The van der Waals surface area contributed by atoms with E-state index in [-0.39, 0.29) is 0 Å². The van der Waals surface area contributed by atoms with Crippen molar-refractivity contribution in [1.29, 1.82) is 0 Å². The number of hydrogen-bond donors (Lipinski definition) is 2. The summed E-state index contributed by atoms with van der Waals surface area (Å²) in [4.78, 5) is 0. The molecule has 0 aliphatic rings. The largest absolute Gasteiger partial charge is 0.384 e. The first-order valence-electron chi connectivity index (χ1n) is 4.93. The van der Waals surface area contributed by atoms with E-state index >= 15 is 0 Å². The molecule has 0 aliphatic heterocycles. The summed E-state index contributed by atoms with van der Waals surface area (Å²) in [5.74, 6) is 0. The van der Waals surface area contributed by atoms with Crippen LogP contribution in [0.5, 0.6) is 0 Å². The van der Waals surface area contributed by atoms with E-state index in [2.05, 4.69) is 10.2 Å². The third kappa shape index (κ3) is 1.78. The maximum Gasteiger partial charge on any atom is 0.107 e. The third-order valence-electron chi connectivity index (χ3n) is 2.78. The Morgan fingerprint density at radius 3 is 2.80 bits per heavy atom. The number of aromatic nitrogens is 2. The average Bonchev–Trinajstić information content (AvgIpc) is 2.74. The minimum absolute atomic E-state index is 0.594. The smallest absolute Gasteiger partial charge is 0.107 e. The van der Waals surface area contributed by atoms with E-state index in [1.807, 2.05) is 32.0 Å². The summed E-state index contributed by atoms with van der Waals surface area (Å²) < 4.78 is 0. The van der Waals surface area contributed by atoms with Crippen LogP contribution < -0.4 is 0 Å². The summed E-state index contributed by atoms with van der Waals surface area (Å²) in [6, 6.07) is 5.95. The van der Waals surface area contributed by atoms with Crippen LogP contribution in [0.25, 0.3) is 0 Å². The van der Waals surface area contributed by atoms with Crippen LogP contribution in [-0.4, -0.2) is 15.3 Å². The van der Waals surface area contributed by atoms with Gasteiger partial charge in [-0.3, -0.25) is 5.10 Å². The zero-order chi connectivity index (χ0) is 10.8. The fourth-order valence-corrected chi connectivity index (χ4v) is 1.66. The third-order valence-corrected chi connectivity index (χ3v) is 2.78. The number of aliphatic hydroxyl groups is 1. The fourth-order valence-electron chi connectivity index (χ4n) is 1.66. The molecule has 0 fully saturated rings. The molecule has 3 nitrogen and oxygen atoms in total. The van der Waals surface area contributed by atoms with Crippen LogP contribution >= 0.6 is 0 Å². The fraction of sp³-hybridized carbons (Fsp3) is 0.250. The van der Waals surface area contributed by atoms with Crippen LogP contribution in [0.3, 0.4) is 0 Å². The van der Waals surface area contributed by atoms with Crippen molar-refractivity contribution in [3.8, 4) is 0 Å².